The molecule has 0 aromatic heterocycles. The van der Waals surface area contributed by atoms with Gasteiger partial charge in [0.15, 0.2) is 0 Å². The van der Waals surface area contributed by atoms with Crippen LogP contribution in [0, 0.1) is 0 Å². The van der Waals surface area contributed by atoms with Crippen LogP contribution in [0.2, 0.25) is 0 Å². The molecule has 0 heterocycles. The predicted molar refractivity (Wildman–Crippen MR) is 278 cm³/mol. The number of nitrogens with zero attached hydrogens (tertiary/aromatic N) is 2. The fourth-order valence-corrected chi connectivity index (χ4v) is 11.6. The molecule has 0 saturated heterocycles. The number of hydrogen-bond acceptors (Lipinski definition) is 2. The van der Waals surface area contributed by atoms with E-state index in [-0.39, 0.29) is 0 Å². The van der Waals surface area contributed by atoms with E-state index in [1.54, 1.807) is 0 Å². The third-order valence-electron chi connectivity index (χ3n) is 12.6. The third kappa shape index (κ3) is 7.12. The molecule has 9 aromatic carbocycles. The van der Waals surface area contributed by atoms with Gasteiger partial charge in [0.25, 0.3) is 0 Å². The Kier molecular flexibility index (Phi) is 10.3. The molecule has 0 fully saturated rings. The summed E-state index contributed by atoms with van der Waals surface area (Å²) in [6.45, 7) is 0. The lowest BCUT2D eigenvalue weighted by molar-refractivity contribution is 0.769. The van der Waals surface area contributed by atoms with Crippen LogP contribution in [0.3, 0.4) is 0 Å². The molecule has 0 bridgehead atoms. The Hall–Kier alpha value is -6.46. The molecule has 312 valence electrons. The minimum absolute atomic E-state index is 0.647. The molecule has 9 aromatic rings. The maximum atomic E-state index is 2.52. The van der Waals surface area contributed by atoms with Crippen molar-refractivity contribution in [2.75, 3.05) is 47.3 Å². The monoisotopic (exact) mass is 854 g/mol. The summed E-state index contributed by atoms with van der Waals surface area (Å²) in [5.74, 6) is 0. The molecule has 1 aliphatic rings. The molecule has 0 radical (unpaired) electrons. The molecule has 63 heavy (non-hydrogen) atoms. The first-order chi connectivity index (χ1) is 30.5. The van der Waals surface area contributed by atoms with Crippen molar-refractivity contribution in [3.63, 3.8) is 0 Å². The summed E-state index contributed by atoms with van der Waals surface area (Å²) in [4.78, 5) is 7.69. The lowest BCUT2D eigenvalue weighted by atomic mass is 9.67. The van der Waals surface area contributed by atoms with Crippen LogP contribution in [0.15, 0.2) is 228 Å². The molecular formula is C59H54N2S2. The van der Waals surface area contributed by atoms with Gasteiger partial charge in [-0.1, -0.05) is 127 Å². The van der Waals surface area contributed by atoms with Crippen molar-refractivity contribution in [1.29, 1.82) is 0 Å². The van der Waals surface area contributed by atoms with E-state index in [0.717, 1.165) is 34.1 Å². The Labute approximate surface area is 377 Å². The Morgan fingerprint density at radius 1 is 0.333 bits per heavy atom. The summed E-state index contributed by atoms with van der Waals surface area (Å²) in [5.41, 5.74) is 13.7. The van der Waals surface area contributed by atoms with Crippen molar-refractivity contribution in [2.24, 2.45) is 0 Å². The van der Waals surface area contributed by atoms with Gasteiger partial charge in [0.1, 0.15) is 0 Å². The number of para-hydroxylation sites is 2. The van der Waals surface area contributed by atoms with E-state index in [4.69, 9.17) is 0 Å². The van der Waals surface area contributed by atoms with E-state index < -0.39 is 25.5 Å². The van der Waals surface area contributed by atoms with Crippen LogP contribution >= 0.6 is 20.1 Å². The topological polar surface area (TPSA) is 6.48 Å². The predicted octanol–water partition coefficient (Wildman–Crippen LogP) is 16.2. The summed E-state index contributed by atoms with van der Waals surface area (Å²) in [7, 11) is -1.78. The zero-order valence-electron chi connectivity index (χ0n) is 37.0. The van der Waals surface area contributed by atoms with Gasteiger partial charge in [-0.25, -0.2) is 20.1 Å². The van der Waals surface area contributed by atoms with E-state index in [1.165, 1.54) is 53.9 Å². The summed E-state index contributed by atoms with van der Waals surface area (Å²) < 4.78 is 0. The minimum atomic E-state index is -0.899. The number of rotatable bonds is 10. The van der Waals surface area contributed by atoms with Crippen LogP contribution in [0.5, 0.6) is 0 Å². The first kappa shape index (κ1) is 40.6. The highest BCUT2D eigenvalue weighted by atomic mass is 32.3. The molecule has 0 spiro atoms. The maximum absolute atomic E-state index is 2.52. The molecule has 0 atom stereocenters. The average molecular weight is 855 g/mol. The molecule has 0 aliphatic heterocycles. The van der Waals surface area contributed by atoms with Gasteiger partial charge in [0.2, 0.25) is 0 Å². The van der Waals surface area contributed by atoms with Crippen molar-refractivity contribution in [3.8, 4) is 11.1 Å². The molecule has 0 unspecified atom stereocenters. The lowest BCUT2D eigenvalue weighted by Gasteiger charge is -2.36. The Morgan fingerprint density at radius 2 is 0.730 bits per heavy atom. The molecule has 2 nitrogen and oxygen atoms in total. The number of hydrogen-bond donors (Lipinski definition) is 0. The SMILES string of the molecule is CS(C)(C)c1ccc(N(c2ccccc2)c2ccc3c(c2)C(c2ccccc2)(c2ccccc2)c2cc(N(c4ccccc4)c4ccc(S(C)(C)C)cc4)c4ccccc4c2-3)cc1. The fraction of sp³-hybridized carbons (Fsp3) is 0.119. The highest BCUT2D eigenvalue weighted by Gasteiger charge is 2.48. The molecule has 4 heteroatoms. The summed E-state index contributed by atoms with van der Waals surface area (Å²) in [5, 5.41) is 2.45. The van der Waals surface area contributed by atoms with E-state index in [9.17, 15) is 0 Å². The van der Waals surface area contributed by atoms with Gasteiger partial charge in [-0.2, -0.15) is 0 Å². The molecule has 10 rings (SSSR count). The zero-order valence-corrected chi connectivity index (χ0v) is 38.6. The van der Waals surface area contributed by atoms with Crippen molar-refractivity contribution in [1.82, 2.24) is 0 Å². The second-order valence-corrected chi connectivity index (χ2v) is 26.4. The van der Waals surface area contributed by atoms with Gasteiger partial charge in [0.05, 0.1) is 11.1 Å². The summed E-state index contributed by atoms with van der Waals surface area (Å²) in [6, 6.07) is 81.5. The fourth-order valence-electron chi connectivity index (χ4n) is 9.67. The van der Waals surface area contributed by atoms with Gasteiger partial charge in [0, 0.05) is 33.8 Å². The van der Waals surface area contributed by atoms with E-state index in [2.05, 4.69) is 266 Å². The van der Waals surface area contributed by atoms with Crippen molar-refractivity contribution < 1.29 is 0 Å². The van der Waals surface area contributed by atoms with Gasteiger partial charge >= 0.3 is 0 Å². The first-order valence-electron chi connectivity index (χ1n) is 21.6. The number of fused-ring (bicyclic) bond motifs is 5. The lowest BCUT2D eigenvalue weighted by Crippen LogP contribution is -2.29. The second-order valence-electron chi connectivity index (χ2n) is 18.1. The number of anilines is 6. The average Bonchev–Trinajstić information content (AvgIpc) is 3.60. The van der Waals surface area contributed by atoms with Crippen molar-refractivity contribution in [3.05, 3.63) is 241 Å². The van der Waals surface area contributed by atoms with Gasteiger partial charge in [-0.15, -0.1) is 0 Å². The Morgan fingerprint density at radius 3 is 1.22 bits per heavy atom. The van der Waals surface area contributed by atoms with E-state index in [0.29, 0.717) is 0 Å². The summed E-state index contributed by atoms with van der Waals surface area (Å²) >= 11 is 0. The molecular weight excluding hydrogens is 801 g/mol. The zero-order chi connectivity index (χ0) is 43.3. The van der Waals surface area contributed by atoms with Gasteiger partial charge < -0.3 is 9.80 Å². The first-order valence-corrected chi connectivity index (χ1v) is 27.3. The Bertz CT molecular complexity index is 3000. The highest BCUT2D eigenvalue weighted by molar-refractivity contribution is 8.32. The largest absolute Gasteiger partial charge is 0.310 e. The molecule has 0 saturated carbocycles. The van der Waals surface area contributed by atoms with Gasteiger partial charge in [-0.3, -0.25) is 0 Å². The van der Waals surface area contributed by atoms with Crippen LogP contribution in [-0.2, 0) is 5.41 Å². The molecule has 0 amide bonds. The van der Waals surface area contributed by atoms with Crippen molar-refractivity contribution >= 4 is 65.0 Å². The van der Waals surface area contributed by atoms with E-state index in [1.807, 2.05) is 0 Å². The Balaban J connectivity index is 1.29. The second kappa shape index (κ2) is 16.0. The van der Waals surface area contributed by atoms with Gasteiger partial charge in [-0.05, 0) is 177 Å². The number of benzene rings is 9. The quantitative estimate of drug-likeness (QED) is 0.135. The third-order valence-corrected chi connectivity index (χ3v) is 16.0. The smallest absolute Gasteiger partial charge is 0.0715 e. The van der Waals surface area contributed by atoms with Crippen LogP contribution in [0.4, 0.5) is 34.1 Å². The van der Waals surface area contributed by atoms with Crippen LogP contribution < -0.4 is 9.80 Å². The minimum Gasteiger partial charge on any atom is -0.310 e. The summed E-state index contributed by atoms with van der Waals surface area (Å²) in [6.07, 6.45) is 14.2. The van der Waals surface area contributed by atoms with Crippen molar-refractivity contribution in [2.45, 2.75) is 15.2 Å². The van der Waals surface area contributed by atoms with Crippen LogP contribution in [0.25, 0.3) is 21.9 Å². The maximum Gasteiger partial charge on any atom is 0.0715 e. The molecule has 0 N–H and O–H groups in total. The van der Waals surface area contributed by atoms with E-state index >= 15 is 0 Å². The highest BCUT2D eigenvalue weighted by Crippen LogP contribution is 2.61. The normalized spacial score (nSPS) is 13.6. The van der Waals surface area contributed by atoms with Crippen LogP contribution in [-0.4, -0.2) is 37.5 Å². The van der Waals surface area contributed by atoms with Crippen LogP contribution in [0.1, 0.15) is 22.3 Å². The standard InChI is InChI=1S/C59H54N2S2/c1-62(2,3)50-36-31-47(32-37-50)60(45-25-15-9-16-26-45)49-35-40-54-55(41-49)59(43-21-11-7-12-22-43,44-23-13-8-14-24-44)56-42-57(52-29-19-20-30-53(52)58(54)56)61(46-27-17-10-18-28-46)48-33-38-51(39-34-48)63(4,5)6/h7-42H,1-6H3. The molecule has 1 aliphatic carbocycles.